The fourth-order valence-electron chi connectivity index (χ4n) is 2.63. The van der Waals surface area contributed by atoms with Crippen LogP contribution in [0.3, 0.4) is 0 Å². The number of alkyl carbamates (subject to hydrolysis) is 1. The molecule has 0 saturated carbocycles. The summed E-state index contributed by atoms with van der Waals surface area (Å²) in [5.74, 6) is 0. The lowest BCUT2D eigenvalue weighted by atomic mass is 10.2. The van der Waals surface area contributed by atoms with E-state index in [-0.39, 0.29) is 19.7 Å². The van der Waals surface area contributed by atoms with Gasteiger partial charge in [-0.1, -0.05) is 30.3 Å². The lowest BCUT2D eigenvalue weighted by molar-refractivity contribution is 0.0275. The average Bonchev–Trinajstić information content (AvgIpc) is 2.93. The van der Waals surface area contributed by atoms with Crippen molar-refractivity contribution in [3.05, 3.63) is 35.9 Å². The van der Waals surface area contributed by atoms with Crippen molar-refractivity contribution in [2.24, 2.45) is 0 Å². The van der Waals surface area contributed by atoms with Crippen LogP contribution in [-0.4, -0.2) is 62.6 Å². The Labute approximate surface area is 165 Å². The summed E-state index contributed by atoms with van der Waals surface area (Å²) in [6.45, 7) is 5.24. The van der Waals surface area contributed by atoms with Crippen LogP contribution in [-0.2, 0) is 30.4 Å². The van der Waals surface area contributed by atoms with Crippen molar-refractivity contribution >= 4 is 22.3 Å². The summed E-state index contributed by atoms with van der Waals surface area (Å²) in [5, 5.41) is 2.57. The van der Waals surface area contributed by atoms with E-state index in [0.717, 1.165) is 11.8 Å². The molecular weight excluding hydrogens is 388 g/mol. The molecule has 2 rings (SSSR count). The summed E-state index contributed by atoms with van der Waals surface area (Å²) >= 11 is 0. The van der Waals surface area contributed by atoms with Crippen molar-refractivity contribution in [3.63, 3.8) is 0 Å². The van der Waals surface area contributed by atoms with Crippen LogP contribution in [0, 0.1) is 0 Å². The number of ether oxygens (including phenoxy) is 2. The minimum absolute atomic E-state index is 0.0361. The summed E-state index contributed by atoms with van der Waals surface area (Å²) in [7, 11) is -3.79. The van der Waals surface area contributed by atoms with Crippen molar-refractivity contribution < 1.29 is 31.7 Å². The van der Waals surface area contributed by atoms with Gasteiger partial charge in [-0.25, -0.2) is 9.59 Å². The second-order valence-corrected chi connectivity index (χ2v) is 9.14. The molecule has 1 aliphatic heterocycles. The van der Waals surface area contributed by atoms with Gasteiger partial charge in [0.15, 0.2) is 0 Å². The van der Waals surface area contributed by atoms with E-state index in [1.165, 1.54) is 4.90 Å². The molecule has 1 fully saturated rings. The van der Waals surface area contributed by atoms with E-state index in [2.05, 4.69) is 5.32 Å². The summed E-state index contributed by atoms with van der Waals surface area (Å²) < 4.78 is 38.6. The summed E-state index contributed by atoms with van der Waals surface area (Å²) in [6, 6.07) is 8.35. The number of nitrogens with one attached hydrogen (secondary N) is 1. The Balaban J connectivity index is 1.99. The molecule has 10 heteroatoms. The number of hydrogen-bond donors (Lipinski definition) is 1. The Morgan fingerprint density at radius 1 is 1.18 bits per heavy atom. The van der Waals surface area contributed by atoms with Crippen LogP contribution in [0.2, 0.25) is 0 Å². The Bertz CT molecular complexity index is 790. The van der Waals surface area contributed by atoms with Crippen LogP contribution in [0.1, 0.15) is 26.3 Å². The van der Waals surface area contributed by atoms with Crippen LogP contribution in [0.5, 0.6) is 0 Å². The summed E-state index contributed by atoms with van der Waals surface area (Å²) in [4.78, 5) is 25.7. The molecule has 2 unspecified atom stereocenters. The second kappa shape index (κ2) is 8.78. The zero-order valence-corrected chi connectivity index (χ0v) is 17.2. The van der Waals surface area contributed by atoms with E-state index < -0.39 is 40.1 Å². The predicted molar refractivity (Wildman–Crippen MR) is 101 cm³/mol. The third kappa shape index (κ3) is 7.35. The molecular formula is C18H26N2O7S. The maximum Gasteiger partial charge on any atom is 0.410 e. The molecule has 0 spiro atoms. The van der Waals surface area contributed by atoms with Crippen molar-refractivity contribution in [1.29, 1.82) is 0 Å². The van der Waals surface area contributed by atoms with Gasteiger partial charge in [-0.05, 0) is 26.3 Å². The van der Waals surface area contributed by atoms with Gasteiger partial charge in [-0.15, -0.1) is 0 Å². The molecule has 1 heterocycles. The maximum atomic E-state index is 12.3. The van der Waals surface area contributed by atoms with Crippen LogP contribution >= 0.6 is 0 Å². The van der Waals surface area contributed by atoms with Crippen LogP contribution in [0.25, 0.3) is 0 Å². The van der Waals surface area contributed by atoms with E-state index >= 15 is 0 Å². The van der Waals surface area contributed by atoms with Crippen LogP contribution < -0.4 is 5.32 Å². The van der Waals surface area contributed by atoms with Gasteiger partial charge < -0.3 is 19.7 Å². The molecule has 2 atom stereocenters. The highest BCUT2D eigenvalue weighted by Gasteiger charge is 2.40. The first-order valence-corrected chi connectivity index (χ1v) is 10.6. The third-order valence-corrected chi connectivity index (χ3v) is 4.33. The number of carbonyl (C=O) groups is 2. The molecule has 2 amide bonds. The Hall–Kier alpha value is -2.33. The Kier molecular flexibility index (Phi) is 6.89. The van der Waals surface area contributed by atoms with Crippen LogP contribution in [0.4, 0.5) is 9.59 Å². The topological polar surface area (TPSA) is 111 Å². The van der Waals surface area contributed by atoms with E-state index in [0.29, 0.717) is 0 Å². The number of benzene rings is 1. The van der Waals surface area contributed by atoms with Gasteiger partial charge >= 0.3 is 12.2 Å². The zero-order valence-electron chi connectivity index (χ0n) is 16.4. The fourth-order valence-corrected chi connectivity index (χ4v) is 3.27. The largest absolute Gasteiger partial charge is 0.445 e. The van der Waals surface area contributed by atoms with E-state index in [1.807, 2.05) is 30.3 Å². The van der Waals surface area contributed by atoms with E-state index in [1.54, 1.807) is 20.8 Å². The quantitative estimate of drug-likeness (QED) is 0.732. The van der Waals surface area contributed by atoms with Gasteiger partial charge in [-0.3, -0.25) is 4.18 Å². The van der Waals surface area contributed by atoms with Gasteiger partial charge in [0.05, 0.1) is 18.8 Å². The number of carbonyl (C=O) groups excluding carboxylic acids is 2. The molecule has 9 nitrogen and oxygen atoms in total. The first kappa shape index (κ1) is 22.0. The molecule has 1 aromatic rings. The van der Waals surface area contributed by atoms with Gasteiger partial charge in [0, 0.05) is 6.54 Å². The highest BCUT2D eigenvalue weighted by Crippen LogP contribution is 2.19. The average molecular weight is 414 g/mol. The van der Waals surface area contributed by atoms with Gasteiger partial charge in [-0.2, -0.15) is 8.42 Å². The summed E-state index contributed by atoms with van der Waals surface area (Å²) in [5.41, 5.74) is 0.105. The highest BCUT2D eigenvalue weighted by atomic mass is 32.2. The smallest absolute Gasteiger partial charge is 0.410 e. The highest BCUT2D eigenvalue weighted by molar-refractivity contribution is 7.86. The number of rotatable bonds is 5. The molecule has 0 aromatic heterocycles. The number of amides is 2. The fraction of sp³-hybridized carbons (Fsp3) is 0.556. The lowest BCUT2D eigenvalue weighted by Gasteiger charge is -2.24. The monoisotopic (exact) mass is 414 g/mol. The number of nitrogens with zero attached hydrogens (tertiary/aromatic N) is 1. The molecule has 0 bridgehead atoms. The molecule has 28 heavy (non-hydrogen) atoms. The lowest BCUT2D eigenvalue weighted by Crippen LogP contribution is -2.45. The first-order chi connectivity index (χ1) is 12.9. The molecule has 1 N–H and O–H groups in total. The third-order valence-electron chi connectivity index (χ3n) is 3.73. The standard InChI is InChI=1S/C18H26N2O7S/c1-18(2,3)26-17(22)20-10-14(15(11-20)27-28(4,23)24)19-16(21)25-12-13-8-6-5-7-9-13/h5-9,14-15H,10-12H2,1-4H3,(H,19,21). The minimum atomic E-state index is -3.79. The number of hydrogen-bond acceptors (Lipinski definition) is 7. The molecule has 1 saturated heterocycles. The van der Waals surface area contributed by atoms with E-state index in [4.69, 9.17) is 13.7 Å². The SMILES string of the molecule is CC(C)(C)OC(=O)N1CC(NC(=O)OCc2ccccc2)C(OS(C)(=O)=O)C1. The van der Waals surface area contributed by atoms with Crippen molar-refractivity contribution in [2.75, 3.05) is 19.3 Å². The molecule has 156 valence electrons. The second-order valence-electron chi connectivity index (χ2n) is 7.54. The number of likely N-dealkylation sites (tertiary alicyclic amines) is 1. The molecule has 0 radical (unpaired) electrons. The van der Waals surface area contributed by atoms with Crippen LogP contribution in [0.15, 0.2) is 30.3 Å². The molecule has 0 aliphatic carbocycles. The molecule has 1 aliphatic rings. The molecule has 1 aromatic carbocycles. The summed E-state index contributed by atoms with van der Waals surface area (Å²) in [6.07, 6.45) is -1.38. The maximum absolute atomic E-state index is 12.3. The van der Waals surface area contributed by atoms with E-state index in [9.17, 15) is 18.0 Å². The Morgan fingerprint density at radius 3 is 2.39 bits per heavy atom. The van der Waals surface area contributed by atoms with Gasteiger partial charge in [0.2, 0.25) is 0 Å². The zero-order chi connectivity index (χ0) is 20.9. The normalized spacial score (nSPS) is 19.9. The predicted octanol–water partition coefficient (Wildman–Crippen LogP) is 1.88. The van der Waals surface area contributed by atoms with Gasteiger partial charge in [0.1, 0.15) is 18.3 Å². The minimum Gasteiger partial charge on any atom is -0.445 e. The first-order valence-electron chi connectivity index (χ1n) is 8.76. The van der Waals surface area contributed by atoms with Crippen molar-refractivity contribution in [2.45, 2.75) is 45.1 Å². The van der Waals surface area contributed by atoms with Crippen molar-refractivity contribution in [3.8, 4) is 0 Å². The van der Waals surface area contributed by atoms with Crippen molar-refractivity contribution in [1.82, 2.24) is 10.2 Å². The van der Waals surface area contributed by atoms with Gasteiger partial charge in [0.25, 0.3) is 10.1 Å². The Morgan fingerprint density at radius 2 is 1.82 bits per heavy atom.